The van der Waals surface area contributed by atoms with Crippen molar-refractivity contribution in [3.8, 4) is 5.69 Å². The van der Waals surface area contributed by atoms with Gasteiger partial charge in [0, 0.05) is 18.5 Å². The Morgan fingerprint density at radius 2 is 1.55 bits per heavy atom. The van der Waals surface area contributed by atoms with Crippen molar-refractivity contribution in [2.24, 2.45) is 11.8 Å². The van der Waals surface area contributed by atoms with Crippen LogP contribution in [0.25, 0.3) is 16.5 Å². The third kappa shape index (κ3) is 3.24. The molecule has 0 N–H and O–H groups in total. The molecule has 2 aliphatic rings. The summed E-state index contributed by atoms with van der Waals surface area (Å²) in [4.78, 5) is 28.5. The van der Waals surface area contributed by atoms with Gasteiger partial charge >= 0.3 is 0 Å². The lowest BCUT2D eigenvalue weighted by molar-refractivity contribution is 0.0516. The highest BCUT2D eigenvalue weighted by atomic mass is 16.2. The molecule has 1 aliphatic heterocycles. The van der Waals surface area contributed by atoms with Crippen LogP contribution in [0.5, 0.6) is 0 Å². The molecular formula is C24H25N3O2. The largest absolute Gasteiger partial charge is 0.337 e. The first kappa shape index (κ1) is 18.1. The Balaban J connectivity index is 1.58. The van der Waals surface area contributed by atoms with Gasteiger partial charge in [-0.1, -0.05) is 55.7 Å². The summed E-state index contributed by atoms with van der Waals surface area (Å²) in [5.41, 5.74) is 0.843. The van der Waals surface area contributed by atoms with Crippen molar-refractivity contribution >= 4 is 16.7 Å². The van der Waals surface area contributed by atoms with E-state index >= 15 is 0 Å². The molecule has 0 radical (unpaired) electrons. The Morgan fingerprint density at radius 3 is 2.34 bits per heavy atom. The van der Waals surface area contributed by atoms with Gasteiger partial charge in [0.2, 0.25) is 0 Å². The summed E-state index contributed by atoms with van der Waals surface area (Å²) < 4.78 is 1.36. The minimum absolute atomic E-state index is 0.0603. The molecule has 2 heterocycles. The second-order valence-electron chi connectivity index (χ2n) is 8.29. The average Bonchev–Trinajstić information content (AvgIpc) is 2.79. The molecule has 0 bridgehead atoms. The lowest BCUT2D eigenvalue weighted by Gasteiger charge is -2.41. The van der Waals surface area contributed by atoms with E-state index in [1.807, 2.05) is 53.4 Å². The highest BCUT2D eigenvalue weighted by Crippen LogP contribution is 2.36. The van der Waals surface area contributed by atoms with Gasteiger partial charge in [0.25, 0.3) is 11.5 Å². The number of aromatic nitrogens is 2. The Bertz CT molecular complexity index is 1110. The molecule has 3 aromatic rings. The predicted octanol–water partition coefficient (Wildman–Crippen LogP) is 4.04. The van der Waals surface area contributed by atoms with Crippen LogP contribution in [0.3, 0.4) is 0 Å². The van der Waals surface area contributed by atoms with Crippen molar-refractivity contribution in [1.29, 1.82) is 0 Å². The van der Waals surface area contributed by atoms with Gasteiger partial charge in [-0.05, 0) is 42.9 Å². The van der Waals surface area contributed by atoms with Gasteiger partial charge in [0.15, 0.2) is 5.69 Å². The number of para-hydroxylation sites is 1. The highest BCUT2D eigenvalue weighted by molar-refractivity contribution is 6.04. The number of rotatable bonds is 2. The van der Waals surface area contributed by atoms with Gasteiger partial charge in [-0.15, -0.1) is 0 Å². The zero-order valence-electron chi connectivity index (χ0n) is 16.5. The molecule has 1 amide bonds. The summed E-state index contributed by atoms with van der Waals surface area (Å²) >= 11 is 0. The number of likely N-dealkylation sites (tertiary alicyclic amines) is 1. The van der Waals surface area contributed by atoms with Crippen LogP contribution in [0.1, 0.15) is 42.6 Å². The number of carbonyl (C=O) groups is 1. The summed E-state index contributed by atoms with van der Waals surface area (Å²) in [6, 6.07) is 16.6. The second kappa shape index (κ2) is 7.47. The first-order valence-electron chi connectivity index (χ1n) is 10.6. The summed E-state index contributed by atoms with van der Waals surface area (Å²) in [5, 5.41) is 5.73. The molecular weight excluding hydrogens is 362 g/mol. The summed E-state index contributed by atoms with van der Waals surface area (Å²) in [5.74, 6) is 1.30. The normalized spacial score (nSPS) is 21.7. The van der Waals surface area contributed by atoms with Crippen LogP contribution >= 0.6 is 0 Å². The first-order chi connectivity index (χ1) is 14.2. The second-order valence-corrected chi connectivity index (χ2v) is 8.29. The van der Waals surface area contributed by atoms with Crippen molar-refractivity contribution in [2.45, 2.75) is 32.1 Å². The molecule has 29 heavy (non-hydrogen) atoms. The van der Waals surface area contributed by atoms with Gasteiger partial charge in [-0.3, -0.25) is 9.59 Å². The predicted molar refractivity (Wildman–Crippen MR) is 113 cm³/mol. The molecule has 5 heteroatoms. The van der Waals surface area contributed by atoms with Crippen molar-refractivity contribution in [3.05, 3.63) is 70.6 Å². The molecule has 0 unspecified atom stereocenters. The van der Waals surface area contributed by atoms with E-state index in [1.165, 1.54) is 30.4 Å². The molecule has 0 spiro atoms. The number of nitrogens with zero attached hydrogens (tertiary/aromatic N) is 3. The molecule has 1 aromatic heterocycles. The monoisotopic (exact) mass is 387 g/mol. The van der Waals surface area contributed by atoms with Gasteiger partial charge in [0.1, 0.15) is 0 Å². The maximum Gasteiger partial charge on any atom is 0.279 e. The van der Waals surface area contributed by atoms with Crippen LogP contribution in [0.4, 0.5) is 0 Å². The lowest BCUT2D eigenvalue weighted by atomic mass is 9.75. The molecule has 1 aliphatic carbocycles. The van der Waals surface area contributed by atoms with Crippen LogP contribution in [-0.4, -0.2) is 33.7 Å². The smallest absolute Gasteiger partial charge is 0.279 e. The third-order valence-corrected chi connectivity index (χ3v) is 6.59. The van der Waals surface area contributed by atoms with Crippen molar-refractivity contribution in [3.63, 3.8) is 0 Å². The van der Waals surface area contributed by atoms with Crippen LogP contribution < -0.4 is 5.56 Å². The first-order valence-corrected chi connectivity index (χ1v) is 10.6. The Morgan fingerprint density at radius 1 is 0.862 bits per heavy atom. The fraction of sp³-hybridized carbons (Fsp3) is 0.375. The number of benzene rings is 2. The summed E-state index contributed by atoms with van der Waals surface area (Å²) in [7, 11) is 0. The van der Waals surface area contributed by atoms with E-state index in [0.717, 1.165) is 25.4 Å². The molecule has 2 fully saturated rings. The van der Waals surface area contributed by atoms with E-state index in [4.69, 9.17) is 0 Å². The molecule has 2 aromatic carbocycles. The number of hydrogen-bond acceptors (Lipinski definition) is 3. The third-order valence-electron chi connectivity index (χ3n) is 6.59. The van der Waals surface area contributed by atoms with E-state index in [-0.39, 0.29) is 11.5 Å². The minimum atomic E-state index is -0.200. The van der Waals surface area contributed by atoms with Gasteiger partial charge in [-0.25, -0.2) is 0 Å². The van der Waals surface area contributed by atoms with Crippen LogP contribution in [0.15, 0.2) is 59.4 Å². The lowest BCUT2D eigenvalue weighted by Crippen LogP contribution is -2.45. The Labute approximate surface area is 170 Å². The number of hydrogen-bond donors (Lipinski definition) is 0. The van der Waals surface area contributed by atoms with Crippen LogP contribution in [-0.2, 0) is 0 Å². The van der Waals surface area contributed by atoms with Crippen molar-refractivity contribution in [1.82, 2.24) is 14.7 Å². The zero-order chi connectivity index (χ0) is 19.8. The molecule has 148 valence electrons. The van der Waals surface area contributed by atoms with Crippen LogP contribution in [0.2, 0.25) is 0 Å². The SMILES string of the molecule is O=C(c1nn(-c2ccccc2)c(=O)c2ccccc12)N1CC[C@H]2CCCC[C@@H]2C1. The van der Waals surface area contributed by atoms with Crippen LogP contribution in [0, 0.1) is 11.8 Å². The van der Waals surface area contributed by atoms with E-state index in [2.05, 4.69) is 5.10 Å². The number of amides is 1. The number of fused-ring (bicyclic) bond motifs is 2. The average molecular weight is 387 g/mol. The van der Waals surface area contributed by atoms with Gasteiger partial charge in [-0.2, -0.15) is 9.78 Å². The molecule has 2 atom stereocenters. The maximum atomic E-state index is 13.5. The Hall–Kier alpha value is -2.95. The van der Waals surface area contributed by atoms with E-state index in [1.54, 1.807) is 6.07 Å². The zero-order valence-corrected chi connectivity index (χ0v) is 16.5. The van der Waals surface area contributed by atoms with E-state index < -0.39 is 0 Å². The fourth-order valence-corrected chi connectivity index (χ4v) is 5.03. The standard InChI is InChI=1S/C24H25N3O2/c28-23-21-13-7-6-12-20(21)22(25-27(23)19-10-2-1-3-11-19)24(29)26-15-14-17-8-4-5-9-18(17)16-26/h1-3,6-7,10-13,17-18H,4-5,8-9,14-16H2/t17-,18-/m1/s1. The minimum Gasteiger partial charge on any atom is -0.337 e. The molecule has 1 saturated carbocycles. The molecule has 5 nitrogen and oxygen atoms in total. The number of carbonyl (C=O) groups excluding carboxylic acids is 1. The summed E-state index contributed by atoms with van der Waals surface area (Å²) in [6.45, 7) is 1.59. The quantitative estimate of drug-likeness (QED) is 0.667. The van der Waals surface area contributed by atoms with Crippen molar-refractivity contribution < 1.29 is 4.79 Å². The van der Waals surface area contributed by atoms with E-state index in [9.17, 15) is 9.59 Å². The topological polar surface area (TPSA) is 55.2 Å². The number of piperidine rings is 1. The molecule has 5 rings (SSSR count). The highest BCUT2D eigenvalue weighted by Gasteiger charge is 2.34. The molecule has 1 saturated heterocycles. The Kier molecular flexibility index (Phi) is 4.66. The fourth-order valence-electron chi connectivity index (χ4n) is 5.03. The van der Waals surface area contributed by atoms with Crippen molar-refractivity contribution in [2.75, 3.05) is 13.1 Å². The van der Waals surface area contributed by atoms with Gasteiger partial charge in [0.05, 0.1) is 11.1 Å². The summed E-state index contributed by atoms with van der Waals surface area (Å²) in [6.07, 6.45) is 6.18. The van der Waals surface area contributed by atoms with Gasteiger partial charge < -0.3 is 4.90 Å². The maximum absolute atomic E-state index is 13.5. The van der Waals surface area contributed by atoms with E-state index in [0.29, 0.717) is 28.1 Å².